The van der Waals surface area contributed by atoms with Crippen LogP contribution in [-0.2, 0) is 11.2 Å². The van der Waals surface area contributed by atoms with E-state index in [1.165, 1.54) is 0 Å². The summed E-state index contributed by atoms with van der Waals surface area (Å²) in [6.07, 6.45) is 5.60. The average Bonchev–Trinajstić information content (AvgIpc) is 3.22. The highest BCUT2D eigenvalue weighted by Gasteiger charge is 2.10. The van der Waals surface area contributed by atoms with E-state index in [2.05, 4.69) is 26.6 Å². The number of para-hydroxylation sites is 1. The molecular weight excluding hydrogens is 340 g/mol. The molecule has 1 amide bonds. The minimum atomic E-state index is -0.141. The highest BCUT2D eigenvalue weighted by molar-refractivity contribution is 5.95. The predicted molar refractivity (Wildman–Crippen MR) is 105 cm³/mol. The number of carbonyl (C=O) groups excluding carboxylic acids is 1. The molecule has 0 spiro atoms. The van der Waals surface area contributed by atoms with E-state index in [9.17, 15) is 4.79 Å². The molecule has 6 nitrogen and oxygen atoms in total. The lowest BCUT2D eigenvalue weighted by atomic mass is 10.1. The molecule has 2 N–H and O–H groups in total. The predicted octanol–water partition coefficient (Wildman–Crippen LogP) is 3.81. The van der Waals surface area contributed by atoms with Crippen molar-refractivity contribution in [3.8, 4) is 16.9 Å². The van der Waals surface area contributed by atoms with Gasteiger partial charge in [-0.3, -0.25) is 9.89 Å². The second-order valence-corrected chi connectivity index (χ2v) is 6.16. The van der Waals surface area contributed by atoms with Crippen molar-refractivity contribution in [1.29, 1.82) is 0 Å². The number of hydrogen-bond acceptors (Lipinski definition) is 4. The molecule has 0 unspecified atom stereocenters. The molecule has 0 saturated heterocycles. The Hall–Kier alpha value is -3.67. The lowest BCUT2D eigenvalue weighted by Gasteiger charge is -2.09. The molecule has 4 rings (SSSR count). The van der Waals surface area contributed by atoms with Crippen LogP contribution in [0, 0.1) is 0 Å². The Morgan fingerprint density at radius 2 is 1.96 bits per heavy atom. The van der Waals surface area contributed by atoms with Gasteiger partial charge in [-0.1, -0.05) is 30.3 Å². The third kappa shape index (κ3) is 3.64. The van der Waals surface area contributed by atoms with E-state index in [0.29, 0.717) is 11.6 Å². The first kappa shape index (κ1) is 16.8. The smallest absolute Gasteiger partial charge is 0.230 e. The molecular formula is C21H18N4O2. The number of methoxy groups -OCH3 is 1. The fraction of sp³-hybridized carbons (Fsp3) is 0.0952. The number of H-pyrrole nitrogens is 1. The molecule has 27 heavy (non-hydrogen) atoms. The van der Waals surface area contributed by atoms with E-state index >= 15 is 0 Å². The number of ether oxygens (including phenoxy) is 1. The second-order valence-electron chi connectivity index (χ2n) is 6.16. The number of anilines is 1. The van der Waals surface area contributed by atoms with Crippen molar-refractivity contribution in [2.24, 2.45) is 0 Å². The van der Waals surface area contributed by atoms with E-state index in [-0.39, 0.29) is 12.3 Å². The van der Waals surface area contributed by atoms with Gasteiger partial charge in [0, 0.05) is 28.9 Å². The number of nitrogens with zero attached hydrogens (tertiary/aromatic N) is 2. The van der Waals surface area contributed by atoms with Crippen LogP contribution in [-0.4, -0.2) is 28.2 Å². The maximum atomic E-state index is 12.4. The average molecular weight is 358 g/mol. The molecule has 0 fully saturated rings. The van der Waals surface area contributed by atoms with Gasteiger partial charge in [-0.25, -0.2) is 4.98 Å². The Bertz CT molecular complexity index is 1090. The van der Waals surface area contributed by atoms with Gasteiger partial charge in [-0.2, -0.15) is 5.10 Å². The van der Waals surface area contributed by atoms with E-state index in [1.54, 1.807) is 19.5 Å². The highest BCUT2D eigenvalue weighted by Crippen LogP contribution is 2.25. The molecule has 2 aromatic heterocycles. The van der Waals surface area contributed by atoms with Crippen LogP contribution in [0.3, 0.4) is 0 Å². The van der Waals surface area contributed by atoms with Crippen molar-refractivity contribution in [1.82, 2.24) is 15.2 Å². The summed E-state index contributed by atoms with van der Waals surface area (Å²) < 4.78 is 5.30. The fourth-order valence-electron chi connectivity index (χ4n) is 3.01. The first-order valence-corrected chi connectivity index (χ1v) is 8.53. The van der Waals surface area contributed by atoms with Gasteiger partial charge in [0.1, 0.15) is 11.6 Å². The summed E-state index contributed by atoms with van der Waals surface area (Å²) in [4.78, 5) is 16.8. The quantitative estimate of drug-likeness (QED) is 0.568. The van der Waals surface area contributed by atoms with E-state index in [1.807, 2.05) is 48.7 Å². The number of rotatable bonds is 5. The zero-order chi connectivity index (χ0) is 18.6. The number of fused-ring (bicyclic) bond motifs is 1. The maximum absolute atomic E-state index is 12.4. The summed E-state index contributed by atoms with van der Waals surface area (Å²) >= 11 is 0. The fourth-order valence-corrected chi connectivity index (χ4v) is 3.01. The van der Waals surface area contributed by atoms with Crippen molar-refractivity contribution < 1.29 is 9.53 Å². The van der Waals surface area contributed by atoms with Crippen LogP contribution < -0.4 is 10.1 Å². The minimum absolute atomic E-state index is 0.141. The Morgan fingerprint density at radius 1 is 1.07 bits per heavy atom. The summed E-state index contributed by atoms with van der Waals surface area (Å²) in [7, 11) is 1.60. The van der Waals surface area contributed by atoms with Crippen LogP contribution in [0.15, 0.2) is 67.1 Å². The van der Waals surface area contributed by atoms with E-state index < -0.39 is 0 Å². The number of benzene rings is 2. The van der Waals surface area contributed by atoms with Crippen LogP contribution >= 0.6 is 0 Å². The molecule has 0 aliphatic carbocycles. The van der Waals surface area contributed by atoms with Gasteiger partial charge < -0.3 is 10.1 Å². The molecule has 0 aliphatic rings. The second kappa shape index (κ2) is 7.29. The number of amides is 1. The van der Waals surface area contributed by atoms with Gasteiger partial charge >= 0.3 is 0 Å². The summed E-state index contributed by atoms with van der Waals surface area (Å²) in [5, 5.41) is 11.7. The lowest BCUT2D eigenvalue weighted by molar-refractivity contribution is -0.115. The molecule has 0 aliphatic heterocycles. The van der Waals surface area contributed by atoms with Crippen LogP contribution in [0.4, 0.5) is 5.82 Å². The first-order valence-electron chi connectivity index (χ1n) is 8.53. The summed E-state index contributed by atoms with van der Waals surface area (Å²) in [6.45, 7) is 0. The number of aromatic amines is 1. The van der Waals surface area contributed by atoms with Crippen molar-refractivity contribution in [3.63, 3.8) is 0 Å². The van der Waals surface area contributed by atoms with Crippen molar-refractivity contribution in [2.45, 2.75) is 6.42 Å². The monoisotopic (exact) mass is 358 g/mol. The zero-order valence-electron chi connectivity index (χ0n) is 14.8. The molecule has 0 atom stereocenters. The molecule has 0 saturated carbocycles. The Labute approximate surface area is 156 Å². The Kier molecular flexibility index (Phi) is 4.53. The molecule has 2 aromatic carbocycles. The normalized spacial score (nSPS) is 10.7. The van der Waals surface area contributed by atoms with Crippen molar-refractivity contribution in [2.75, 3.05) is 12.4 Å². The third-order valence-corrected chi connectivity index (χ3v) is 4.36. The number of carbonyl (C=O) groups is 1. The van der Waals surface area contributed by atoms with Crippen LogP contribution in [0.1, 0.15) is 5.56 Å². The molecule has 0 bridgehead atoms. The van der Waals surface area contributed by atoms with Crippen LogP contribution in [0.2, 0.25) is 0 Å². The number of aromatic nitrogens is 3. The van der Waals surface area contributed by atoms with Gasteiger partial charge in [0.25, 0.3) is 0 Å². The number of pyridine rings is 1. The first-order chi connectivity index (χ1) is 13.2. The van der Waals surface area contributed by atoms with Crippen LogP contribution in [0.25, 0.3) is 21.9 Å². The summed E-state index contributed by atoms with van der Waals surface area (Å²) in [5.74, 6) is 1.08. The molecule has 0 radical (unpaired) electrons. The highest BCUT2D eigenvalue weighted by atomic mass is 16.5. The van der Waals surface area contributed by atoms with Gasteiger partial charge in [-0.05, 0) is 29.1 Å². The summed E-state index contributed by atoms with van der Waals surface area (Å²) in [6, 6.07) is 15.4. The SMILES string of the molecule is COc1ccccc1CC(=O)Nc1cc2cc(-c3cn[nH]c3)ccc2cn1. The van der Waals surface area contributed by atoms with Crippen molar-refractivity contribution >= 4 is 22.5 Å². The van der Waals surface area contributed by atoms with Gasteiger partial charge in [0.05, 0.1) is 19.7 Å². The molecule has 2 heterocycles. The molecule has 4 aromatic rings. The Morgan fingerprint density at radius 3 is 2.78 bits per heavy atom. The minimum Gasteiger partial charge on any atom is -0.496 e. The Balaban J connectivity index is 1.55. The number of hydrogen-bond donors (Lipinski definition) is 2. The molecule has 6 heteroatoms. The topological polar surface area (TPSA) is 79.9 Å². The lowest BCUT2D eigenvalue weighted by Crippen LogP contribution is -2.15. The molecule has 134 valence electrons. The number of nitrogens with one attached hydrogen (secondary N) is 2. The van der Waals surface area contributed by atoms with E-state index in [4.69, 9.17) is 4.74 Å². The maximum Gasteiger partial charge on any atom is 0.230 e. The van der Waals surface area contributed by atoms with E-state index in [0.717, 1.165) is 27.5 Å². The third-order valence-electron chi connectivity index (χ3n) is 4.36. The van der Waals surface area contributed by atoms with Crippen LogP contribution in [0.5, 0.6) is 5.75 Å². The largest absolute Gasteiger partial charge is 0.496 e. The van der Waals surface area contributed by atoms with Gasteiger partial charge in [0.2, 0.25) is 5.91 Å². The summed E-state index contributed by atoms with van der Waals surface area (Å²) in [5.41, 5.74) is 2.89. The van der Waals surface area contributed by atoms with Crippen molar-refractivity contribution in [3.05, 3.63) is 72.7 Å². The standard InChI is InChI=1S/C21H18N4O2/c1-27-19-5-3-2-4-15(19)10-21(26)25-20-9-17-8-14(18-12-23-24-13-18)6-7-16(17)11-22-20/h2-9,11-13H,10H2,1H3,(H,23,24)(H,22,25,26). The van der Waals surface area contributed by atoms with Gasteiger partial charge in [-0.15, -0.1) is 0 Å². The van der Waals surface area contributed by atoms with Gasteiger partial charge in [0.15, 0.2) is 0 Å². The zero-order valence-corrected chi connectivity index (χ0v) is 14.8.